The molecule has 0 spiro atoms. The van der Waals surface area contributed by atoms with E-state index in [1.54, 1.807) is 12.1 Å². The molecule has 29 heavy (non-hydrogen) atoms. The molecule has 0 radical (unpaired) electrons. The normalized spacial score (nSPS) is 31.8. The topological polar surface area (TPSA) is 42.0 Å². The van der Waals surface area contributed by atoms with Gasteiger partial charge in [-0.25, -0.2) is 4.39 Å². The number of nitrogens with zero attached hydrogens (tertiary/aromatic N) is 2. The third-order valence-corrected chi connectivity index (χ3v) is 7.15. The summed E-state index contributed by atoms with van der Waals surface area (Å²) in [6.07, 6.45) is 2.25. The number of benzene rings is 2. The highest BCUT2D eigenvalue weighted by Crippen LogP contribution is 2.48. The van der Waals surface area contributed by atoms with Gasteiger partial charge in [0.25, 0.3) is 5.91 Å². The molecule has 0 aliphatic carbocycles. The Morgan fingerprint density at radius 2 is 1.83 bits per heavy atom. The average molecular weight is 394 g/mol. The molecule has 2 aromatic rings. The minimum atomic E-state index is -0.368. The minimum Gasteiger partial charge on any atom is -0.454 e. The molecule has 0 saturated carbocycles. The van der Waals surface area contributed by atoms with E-state index in [9.17, 15) is 9.18 Å². The van der Waals surface area contributed by atoms with Crippen molar-refractivity contribution >= 4 is 5.91 Å². The first-order valence-electron chi connectivity index (χ1n) is 10.4. The fourth-order valence-corrected chi connectivity index (χ4v) is 5.88. The summed E-state index contributed by atoms with van der Waals surface area (Å²) >= 11 is 0. The van der Waals surface area contributed by atoms with E-state index in [1.807, 2.05) is 11.0 Å². The zero-order chi connectivity index (χ0) is 19.5. The van der Waals surface area contributed by atoms with Crippen LogP contribution in [0.1, 0.15) is 34.7 Å². The van der Waals surface area contributed by atoms with Gasteiger partial charge >= 0.3 is 0 Å². The molecule has 6 heteroatoms. The molecule has 2 aromatic carbocycles. The van der Waals surface area contributed by atoms with Crippen molar-refractivity contribution in [2.24, 2.45) is 5.92 Å². The summed E-state index contributed by atoms with van der Waals surface area (Å²) in [7, 11) is 0. The number of amides is 1. The maximum atomic E-state index is 13.8. The van der Waals surface area contributed by atoms with Crippen molar-refractivity contribution in [3.05, 3.63) is 59.4 Å². The van der Waals surface area contributed by atoms with Crippen LogP contribution >= 0.6 is 0 Å². The van der Waals surface area contributed by atoms with Crippen LogP contribution in [-0.2, 0) is 0 Å². The van der Waals surface area contributed by atoms with Crippen molar-refractivity contribution in [1.82, 2.24) is 9.80 Å². The second-order valence-corrected chi connectivity index (χ2v) is 8.54. The van der Waals surface area contributed by atoms with E-state index in [-0.39, 0.29) is 30.5 Å². The molecule has 2 bridgehead atoms. The van der Waals surface area contributed by atoms with Gasteiger partial charge in [0.2, 0.25) is 6.79 Å². The van der Waals surface area contributed by atoms with Crippen molar-refractivity contribution in [1.29, 1.82) is 0 Å². The van der Waals surface area contributed by atoms with Crippen LogP contribution in [0.3, 0.4) is 0 Å². The summed E-state index contributed by atoms with van der Waals surface area (Å²) in [4.78, 5) is 18.0. The fourth-order valence-electron chi connectivity index (χ4n) is 5.88. The second kappa shape index (κ2) is 6.46. The van der Waals surface area contributed by atoms with E-state index in [4.69, 9.17) is 9.47 Å². The van der Waals surface area contributed by atoms with Gasteiger partial charge in [-0.2, -0.15) is 0 Å². The van der Waals surface area contributed by atoms with Crippen molar-refractivity contribution in [2.45, 2.75) is 30.8 Å². The molecule has 0 aromatic heterocycles. The zero-order valence-corrected chi connectivity index (χ0v) is 16.1. The Labute approximate surface area is 169 Å². The molecular formula is C23H23FN2O3. The van der Waals surface area contributed by atoms with E-state index in [1.165, 1.54) is 17.7 Å². The Balaban J connectivity index is 1.38. The first kappa shape index (κ1) is 17.3. The number of fused-ring (bicyclic) bond motifs is 3. The molecule has 7 rings (SSSR count). The number of piperidine rings is 3. The lowest BCUT2D eigenvalue weighted by Gasteiger charge is -2.51. The summed E-state index contributed by atoms with van der Waals surface area (Å²) in [6, 6.07) is 12.7. The van der Waals surface area contributed by atoms with E-state index < -0.39 is 0 Å². The van der Waals surface area contributed by atoms with Crippen LogP contribution in [0.15, 0.2) is 42.5 Å². The van der Waals surface area contributed by atoms with Gasteiger partial charge in [-0.05, 0) is 67.7 Å². The maximum absolute atomic E-state index is 13.8. The maximum Gasteiger partial charge on any atom is 0.254 e. The van der Waals surface area contributed by atoms with Crippen LogP contribution in [-0.4, -0.2) is 54.2 Å². The zero-order valence-electron chi connectivity index (χ0n) is 16.1. The largest absolute Gasteiger partial charge is 0.454 e. The van der Waals surface area contributed by atoms with E-state index >= 15 is 0 Å². The summed E-state index contributed by atoms with van der Waals surface area (Å²) in [5, 5.41) is 0. The van der Waals surface area contributed by atoms with Gasteiger partial charge in [0.15, 0.2) is 11.5 Å². The molecule has 4 saturated heterocycles. The lowest BCUT2D eigenvalue weighted by atomic mass is 9.75. The molecule has 1 amide bonds. The number of carbonyl (C=O) groups is 1. The number of rotatable bonds is 2. The summed E-state index contributed by atoms with van der Waals surface area (Å²) in [5.74, 6) is 1.87. The van der Waals surface area contributed by atoms with Crippen LogP contribution in [0.25, 0.3) is 0 Å². The monoisotopic (exact) mass is 394 g/mol. The quantitative estimate of drug-likeness (QED) is 0.784. The first-order valence-corrected chi connectivity index (χ1v) is 10.4. The van der Waals surface area contributed by atoms with Gasteiger partial charge < -0.3 is 14.4 Å². The smallest absolute Gasteiger partial charge is 0.254 e. The van der Waals surface area contributed by atoms with Crippen molar-refractivity contribution in [3.63, 3.8) is 0 Å². The Hall–Kier alpha value is -2.60. The summed E-state index contributed by atoms with van der Waals surface area (Å²) in [5.41, 5.74) is 1.62. The van der Waals surface area contributed by atoms with Crippen LogP contribution < -0.4 is 9.47 Å². The molecule has 150 valence electrons. The first-order chi connectivity index (χ1) is 14.2. The van der Waals surface area contributed by atoms with Crippen molar-refractivity contribution < 1.29 is 18.7 Å². The molecular weight excluding hydrogens is 371 g/mol. The van der Waals surface area contributed by atoms with E-state index in [2.05, 4.69) is 17.0 Å². The Morgan fingerprint density at radius 3 is 2.66 bits per heavy atom. The van der Waals surface area contributed by atoms with Crippen molar-refractivity contribution in [2.75, 3.05) is 26.4 Å². The Kier molecular flexibility index (Phi) is 3.85. The SMILES string of the molecule is O=C(c1cccc(F)c1)N1C[C@H](c2ccc3c(c2)OCO3)[C@H]2[C@@H]1C1CCN2CC1. The molecule has 5 heterocycles. The van der Waals surface area contributed by atoms with Crippen LogP contribution in [0.5, 0.6) is 11.5 Å². The minimum absolute atomic E-state index is 0.0588. The highest BCUT2D eigenvalue weighted by molar-refractivity contribution is 5.95. The third-order valence-electron chi connectivity index (χ3n) is 7.15. The van der Waals surface area contributed by atoms with Gasteiger partial charge in [-0.15, -0.1) is 0 Å². The van der Waals surface area contributed by atoms with Gasteiger partial charge in [0.1, 0.15) is 5.82 Å². The average Bonchev–Trinajstić information content (AvgIpc) is 3.39. The Bertz CT molecular complexity index is 972. The van der Waals surface area contributed by atoms with E-state index in [0.717, 1.165) is 37.4 Å². The van der Waals surface area contributed by atoms with Gasteiger partial charge in [0.05, 0.1) is 6.04 Å². The lowest BCUT2D eigenvalue weighted by Crippen LogP contribution is -2.60. The van der Waals surface area contributed by atoms with Crippen molar-refractivity contribution in [3.8, 4) is 11.5 Å². The van der Waals surface area contributed by atoms with Gasteiger partial charge in [-0.3, -0.25) is 9.69 Å². The molecule has 0 unspecified atom stereocenters. The highest BCUT2D eigenvalue weighted by atomic mass is 19.1. The highest BCUT2D eigenvalue weighted by Gasteiger charge is 2.54. The lowest BCUT2D eigenvalue weighted by molar-refractivity contribution is -0.00342. The number of halogens is 1. The molecule has 0 N–H and O–H groups in total. The second-order valence-electron chi connectivity index (χ2n) is 8.54. The molecule has 5 nitrogen and oxygen atoms in total. The van der Waals surface area contributed by atoms with Crippen LogP contribution in [0.4, 0.5) is 4.39 Å². The van der Waals surface area contributed by atoms with Gasteiger partial charge in [0, 0.05) is 24.1 Å². The molecule has 5 aliphatic heterocycles. The Morgan fingerprint density at radius 1 is 1.00 bits per heavy atom. The molecule has 3 atom stereocenters. The fraction of sp³-hybridized carbons (Fsp3) is 0.435. The number of hydrogen-bond donors (Lipinski definition) is 0. The standard InChI is InChI=1S/C23H23FN2O3/c24-17-3-1-2-16(10-17)23(27)26-12-18(15-4-5-19-20(11-15)29-13-28-19)22-21(26)14-6-8-25(22)9-7-14/h1-5,10-11,14,18,21-22H,6-9,12-13H2/t18-,21+,22+/m1/s1. The number of ether oxygens (including phenoxy) is 2. The predicted molar refractivity (Wildman–Crippen MR) is 105 cm³/mol. The van der Waals surface area contributed by atoms with Gasteiger partial charge in [-0.1, -0.05) is 12.1 Å². The summed E-state index contributed by atoms with van der Waals surface area (Å²) < 4.78 is 24.8. The third kappa shape index (κ3) is 2.65. The molecule has 4 fully saturated rings. The predicted octanol–water partition coefficient (Wildman–Crippen LogP) is 3.26. The van der Waals surface area contributed by atoms with E-state index in [0.29, 0.717) is 24.1 Å². The molecule has 5 aliphatic rings. The number of likely N-dealkylation sites (tertiary alicyclic amines) is 1. The van der Waals surface area contributed by atoms with Crippen LogP contribution in [0.2, 0.25) is 0 Å². The number of hydrogen-bond acceptors (Lipinski definition) is 4. The number of carbonyl (C=O) groups excluding carboxylic acids is 1. The summed E-state index contributed by atoms with van der Waals surface area (Å²) in [6.45, 7) is 3.09. The van der Waals surface area contributed by atoms with Crippen LogP contribution in [0, 0.1) is 11.7 Å².